The van der Waals surface area contributed by atoms with Gasteiger partial charge in [-0.3, -0.25) is 0 Å². The highest BCUT2D eigenvalue weighted by atomic mass is 32.1. The van der Waals surface area contributed by atoms with E-state index in [1.54, 1.807) is 16.5 Å². The fourth-order valence-corrected chi connectivity index (χ4v) is 2.09. The Hall–Kier alpha value is -1.73. The largest absolute Gasteiger partial charge is 0.497 e. The van der Waals surface area contributed by atoms with Crippen molar-refractivity contribution < 1.29 is 9.84 Å². The fourth-order valence-electron chi connectivity index (χ4n) is 1.73. The molecule has 0 spiro atoms. The Morgan fingerprint density at radius 3 is 2.58 bits per heavy atom. The lowest BCUT2D eigenvalue weighted by Gasteiger charge is -2.08. The lowest BCUT2D eigenvalue weighted by Crippen LogP contribution is -2.09. The second kappa shape index (κ2) is 5.94. The van der Waals surface area contributed by atoms with E-state index in [9.17, 15) is 0 Å². The van der Waals surface area contributed by atoms with E-state index < -0.39 is 0 Å². The zero-order valence-corrected chi connectivity index (χ0v) is 11.7. The zero-order chi connectivity index (χ0) is 13.8. The monoisotopic (exact) mass is 280 g/mol. The molecule has 1 N–H and O–H groups in total. The summed E-state index contributed by atoms with van der Waals surface area (Å²) in [5, 5.41) is 17.0. The van der Waals surface area contributed by atoms with E-state index in [0.717, 1.165) is 11.4 Å². The van der Waals surface area contributed by atoms with E-state index in [0.29, 0.717) is 11.2 Å². The van der Waals surface area contributed by atoms with Crippen LogP contribution >= 0.6 is 12.2 Å². The molecule has 1 heterocycles. The maximum absolute atomic E-state index is 8.95. The molecule has 1 aromatic heterocycles. The highest BCUT2D eigenvalue weighted by Crippen LogP contribution is 2.16. The Morgan fingerprint density at radius 1 is 1.32 bits per heavy atom. The van der Waals surface area contributed by atoms with Gasteiger partial charge in [-0.2, -0.15) is 4.68 Å². The molecule has 0 bridgehead atoms. The average Bonchev–Trinajstić information content (AvgIpc) is 2.81. The number of methoxy groups -OCH3 is 1. The molecule has 1 atom stereocenters. The quantitative estimate of drug-likeness (QED) is 0.845. The molecular formula is C12H16N4O2S. The van der Waals surface area contributed by atoms with Gasteiger partial charge >= 0.3 is 0 Å². The summed E-state index contributed by atoms with van der Waals surface area (Å²) in [6, 6.07) is 7.43. The van der Waals surface area contributed by atoms with Gasteiger partial charge in [-0.1, -0.05) is 0 Å². The molecule has 0 radical (unpaired) electrons. The molecule has 7 heteroatoms. The van der Waals surface area contributed by atoms with Gasteiger partial charge < -0.3 is 9.84 Å². The van der Waals surface area contributed by atoms with E-state index in [4.69, 9.17) is 22.1 Å². The molecule has 0 fully saturated rings. The molecule has 6 nitrogen and oxygen atoms in total. The van der Waals surface area contributed by atoms with Gasteiger partial charge in [0.2, 0.25) is 4.77 Å². The third kappa shape index (κ3) is 2.82. The third-order valence-corrected chi connectivity index (χ3v) is 3.24. The molecule has 2 aromatic rings. The summed E-state index contributed by atoms with van der Waals surface area (Å²) in [6.07, 6.45) is 0.593. The number of nitrogens with zero attached hydrogens (tertiary/aromatic N) is 4. The number of ether oxygens (including phenoxy) is 1. The van der Waals surface area contributed by atoms with Gasteiger partial charge in [-0.25, -0.2) is 4.68 Å². The number of tetrazole rings is 1. The van der Waals surface area contributed by atoms with Crippen molar-refractivity contribution in [3.05, 3.63) is 29.0 Å². The first kappa shape index (κ1) is 13.7. The van der Waals surface area contributed by atoms with Gasteiger partial charge in [0.05, 0.1) is 18.8 Å². The van der Waals surface area contributed by atoms with Crippen molar-refractivity contribution in [1.29, 1.82) is 0 Å². The van der Waals surface area contributed by atoms with Gasteiger partial charge in [0.25, 0.3) is 0 Å². The van der Waals surface area contributed by atoms with Crippen molar-refractivity contribution in [2.45, 2.75) is 19.4 Å². The first-order valence-corrected chi connectivity index (χ1v) is 6.38. The molecule has 0 saturated carbocycles. The van der Waals surface area contributed by atoms with E-state index in [2.05, 4.69) is 10.4 Å². The topological polar surface area (TPSA) is 65.1 Å². The first-order valence-electron chi connectivity index (χ1n) is 5.97. The number of hydrogen-bond donors (Lipinski definition) is 1. The van der Waals surface area contributed by atoms with Crippen LogP contribution in [0.4, 0.5) is 0 Å². The normalized spacial score (nSPS) is 12.4. The molecule has 102 valence electrons. The molecule has 2 rings (SSSR count). The predicted octanol–water partition coefficient (Wildman–Crippen LogP) is 1.75. The van der Waals surface area contributed by atoms with Crippen LogP contribution in [0, 0.1) is 4.77 Å². The minimum Gasteiger partial charge on any atom is -0.497 e. The maximum atomic E-state index is 8.95. The standard InChI is InChI=1S/C12H16N4O2S/c1-9(7-8-17)15-12(19)16(14-13-15)10-3-5-11(18-2)6-4-10/h3-6,9,17H,7-8H2,1-2H3/t9-/m1/s1. The Kier molecular flexibility index (Phi) is 4.28. The molecule has 0 unspecified atom stereocenters. The van der Waals surface area contributed by atoms with Crippen molar-refractivity contribution in [2.24, 2.45) is 0 Å². The summed E-state index contributed by atoms with van der Waals surface area (Å²) >= 11 is 5.35. The average molecular weight is 280 g/mol. The van der Waals surface area contributed by atoms with Gasteiger partial charge in [0, 0.05) is 6.61 Å². The second-order valence-corrected chi connectivity index (χ2v) is 4.54. The molecule has 0 saturated heterocycles. The predicted molar refractivity (Wildman–Crippen MR) is 73.1 cm³/mol. The number of aliphatic hydroxyl groups is 1. The number of aliphatic hydroxyl groups excluding tert-OH is 1. The summed E-state index contributed by atoms with van der Waals surface area (Å²) in [7, 11) is 1.62. The molecule has 0 aliphatic rings. The first-order chi connectivity index (χ1) is 9.17. The van der Waals surface area contributed by atoms with E-state index in [1.807, 2.05) is 31.2 Å². The van der Waals surface area contributed by atoms with E-state index >= 15 is 0 Å². The smallest absolute Gasteiger partial charge is 0.220 e. The lowest BCUT2D eigenvalue weighted by molar-refractivity contribution is 0.256. The van der Waals surface area contributed by atoms with Crippen molar-refractivity contribution in [1.82, 2.24) is 19.8 Å². The fraction of sp³-hybridized carbons (Fsp3) is 0.417. The van der Waals surface area contributed by atoms with Crippen LogP contribution in [0.25, 0.3) is 5.69 Å². The summed E-state index contributed by atoms with van der Waals surface area (Å²) in [5.41, 5.74) is 0.827. The molecule has 0 amide bonds. The summed E-state index contributed by atoms with van der Waals surface area (Å²) in [4.78, 5) is 0. The molecular weight excluding hydrogens is 264 g/mol. The SMILES string of the molecule is COc1ccc(-n2nnn([C@H](C)CCO)c2=S)cc1. The number of hydrogen-bond acceptors (Lipinski definition) is 5. The molecule has 1 aromatic carbocycles. The van der Waals surface area contributed by atoms with Crippen LogP contribution in [0.3, 0.4) is 0 Å². The molecule has 0 aliphatic heterocycles. The Morgan fingerprint density at radius 2 is 2.00 bits per heavy atom. The third-order valence-electron chi connectivity index (χ3n) is 2.88. The number of benzene rings is 1. The Bertz CT molecular complexity index is 591. The maximum Gasteiger partial charge on any atom is 0.220 e. The van der Waals surface area contributed by atoms with Crippen molar-refractivity contribution in [3.63, 3.8) is 0 Å². The van der Waals surface area contributed by atoms with Crippen LogP contribution < -0.4 is 4.74 Å². The second-order valence-electron chi connectivity index (χ2n) is 4.18. The van der Waals surface area contributed by atoms with E-state index in [-0.39, 0.29) is 12.6 Å². The van der Waals surface area contributed by atoms with Crippen molar-refractivity contribution >= 4 is 12.2 Å². The highest BCUT2D eigenvalue weighted by molar-refractivity contribution is 7.71. The molecule has 0 aliphatic carbocycles. The summed E-state index contributed by atoms with van der Waals surface area (Å²) < 4.78 is 8.83. The Balaban J connectivity index is 2.33. The van der Waals surface area contributed by atoms with Crippen LogP contribution in [0.5, 0.6) is 5.75 Å². The Labute approximate surface area is 116 Å². The minimum absolute atomic E-state index is 0.0181. The zero-order valence-electron chi connectivity index (χ0n) is 10.9. The summed E-state index contributed by atoms with van der Waals surface area (Å²) in [5.74, 6) is 0.774. The van der Waals surface area contributed by atoms with Gasteiger partial charge in [0.1, 0.15) is 5.75 Å². The highest BCUT2D eigenvalue weighted by Gasteiger charge is 2.11. The molecule has 19 heavy (non-hydrogen) atoms. The van der Waals surface area contributed by atoms with Crippen LogP contribution in [0.15, 0.2) is 24.3 Å². The minimum atomic E-state index is 0.0181. The van der Waals surface area contributed by atoms with Gasteiger partial charge in [0.15, 0.2) is 0 Å². The van der Waals surface area contributed by atoms with E-state index in [1.165, 1.54) is 0 Å². The van der Waals surface area contributed by atoms with Crippen molar-refractivity contribution in [2.75, 3.05) is 13.7 Å². The van der Waals surface area contributed by atoms with Gasteiger partial charge in [-0.15, -0.1) is 0 Å². The van der Waals surface area contributed by atoms with Crippen LogP contribution in [-0.2, 0) is 0 Å². The number of aromatic nitrogens is 4. The van der Waals surface area contributed by atoms with Crippen LogP contribution in [0.2, 0.25) is 0 Å². The number of rotatable bonds is 5. The lowest BCUT2D eigenvalue weighted by atomic mass is 10.2. The van der Waals surface area contributed by atoms with Crippen molar-refractivity contribution in [3.8, 4) is 11.4 Å². The summed E-state index contributed by atoms with van der Waals surface area (Å²) in [6.45, 7) is 2.04. The van der Waals surface area contributed by atoms with Gasteiger partial charge in [-0.05, 0) is 60.3 Å². The van der Waals surface area contributed by atoms with Crippen LogP contribution in [-0.4, -0.2) is 38.6 Å². The van der Waals surface area contributed by atoms with Crippen LogP contribution in [0.1, 0.15) is 19.4 Å².